The minimum Gasteiger partial charge on any atom is -0.455 e. The van der Waals surface area contributed by atoms with Gasteiger partial charge in [0.15, 0.2) is 0 Å². The van der Waals surface area contributed by atoms with Crippen molar-refractivity contribution in [3.05, 3.63) is 269 Å². The van der Waals surface area contributed by atoms with Crippen molar-refractivity contribution in [3.8, 4) is 44.5 Å². The largest absolute Gasteiger partial charge is 0.455 e. The van der Waals surface area contributed by atoms with Crippen LogP contribution in [0.4, 0.5) is 17.1 Å². The van der Waals surface area contributed by atoms with Gasteiger partial charge >= 0.3 is 0 Å². The van der Waals surface area contributed by atoms with Crippen molar-refractivity contribution < 1.29 is 4.42 Å². The van der Waals surface area contributed by atoms with Gasteiger partial charge in [-0.25, -0.2) is 0 Å². The lowest BCUT2D eigenvalue weighted by molar-refractivity contribution is 0.669. The number of furan rings is 1. The zero-order valence-corrected chi connectivity index (χ0v) is 34.7. The molecule has 0 saturated heterocycles. The van der Waals surface area contributed by atoms with E-state index < -0.39 is 10.8 Å². The molecular weight excluding hydrogens is 775 g/mol. The predicted molar refractivity (Wildman–Crippen MR) is 261 cm³/mol. The summed E-state index contributed by atoms with van der Waals surface area (Å²) in [4.78, 5) is 2.46. The van der Waals surface area contributed by atoms with Crippen molar-refractivity contribution in [3.63, 3.8) is 0 Å². The first-order valence-corrected chi connectivity index (χ1v) is 22.3. The first-order valence-electron chi connectivity index (χ1n) is 22.3. The molecular formula is C62H37NO. The fourth-order valence-electron chi connectivity index (χ4n) is 12.8. The molecule has 0 aliphatic heterocycles. The Morgan fingerprint density at radius 1 is 0.281 bits per heavy atom. The van der Waals surface area contributed by atoms with Gasteiger partial charge in [-0.3, -0.25) is 0 Å². The number of anilines is 3. The van der Waals surface area contributed by atoms with E-state index >= 15 is 0 Å². The monoisotopic (exact) mass is 811 g/mol. The van der Waals surface area contributed by atoms with E-state index in [1.165, 1.54) is 89.0 Å². The molecule has 1 heterocycles. The van der Waals surface area contributed by atoms with Crippen LogP contribution < -0.4 is 4.90 Å². The highest BCUT2D eigenvalue weighted by molar-refractivity contribution is 6.13. The van der Waals surface area contributed by atoms with E-state index in [2.05, 4.69) is 229 Å². The third-order valence-electron chi connectivity index (χ3n) is 15.1. The molecule has 11 aromatic rings. The van der Waals surface area contributed by atoms with E-state index in [-0.39, 0.29) is 0 Å². The molecule has 0 amide bonds. The second-order valence-corrected chi connectivity index (χ2v) is 17.8. The number of hydrogen-bond acceptors (Lipinski definition) is 2. The summed E-state index contributed by atoms with van der Waals surface area (Å²) in [5.41, 5.74) is 25.1. The lowest BCUT2D eigenvalue weighted by atomic mass is 9.70. The van der Waals surface area contributed by atoms with Crippen LogP contribution >= 0.6 is 0 Å². The van der Waals surface area contributed by atoms with Crippen molar-refractivity contribution in [2.24, 2.45) is 0 Å². The molecule has 1 atom stereocenters. The number of para-hydroxylation sites is 2. The van der Waals surface area contributed by atoms with Crippen LogP contribution in [0.25, 0.3) is 66.4 Å². The van der Waals surface area contributed by atoms with Gasteiger partial charge in [-0.15, -0.1) is 0 Å². The predicted octanol–water partition coefficient (Wildman–Crippen LogP) is 15.7. The third kappa shape index (κ3) is 4.03. The highest BCUT2D eigenvalue weighted by Gasteiger charge is 2.54. The van der Waals surface area contributed by atoms with Crippen LogP contribution in [0.15, 0.2) is 229 Å². The summed E-state index contributed by atoms with van der Waals surface area (Å²) in [5, 5.41) is 2.31. The summed E-state index contributed by atoms with van der Waals surface area (Å²) < 4.78 is 6.80. The summed E-state index contributed by atoms with van der Waals surface area (Å²) in [7, 11) is 0. The summed E-state index contributed by atoms with van der Waals surface area (Å²) in [5.74, 6) is 0. The Morgan fingerprint density at radius 2 is 0.734 bits per heavy atom. The molecule has 2 spiro atoms. The van der Waals surface area contributed by atoms with Crippen LogP contribution in [0.5, 0.6) is 0 Å². The van der Waals surface area contributed by atoms with Crippen molar-refractivity contribution in [1.29, 1.82) is 0 Å². The molecule has 0 radical (unpaired) electrons. The average Bonchev–Trinajstić information content (AvgIpc) is 4.13. The zero-order valence-electron chi connectivity index (χ0n) is 34.7. The SMILES string of the molecule is c1ccc(N(c2ccc3c(c2)-c2ccccc2C32c3ccccc3-c3c2ccc2c3oc3ccccc32)c2ccc3c(c2)C2(c4ccccc4-c4ccccc42)c2ccccc2-3)cc1. The van der Waals surface area contributed by atoms with E-state index in [1.54, 1.807) is 0 Å². The number of fused-ring (bicyclic) bond motifs is 24. The van der Waals surface area contributed by atoms with Crippen molar-refractivity contribution >= 4 is 39.0 Å². The van der Waals surface area contributed by atoms with Gasteiger partial charge in [-0.2, -0.15) is 0 Å². The number of nitrogens with zero attached hydrogens (tertiary/aromatic N) is 1. The van der Waals surface area contributed by atoms with Crippen LogP contribution in [-0.2, 0) is 10.8 Å². The Labute approximate surface area is 371 Å². The summed E-state index contributed by atoms with van der Waals surface area (Å²) in [6.07, 6.45) is 0. The van der Waals surface area contributed by atoms with E-state index in [1.807, 2.05) is 0 Å². The minimum absolute atomic E-state index is 0.435. The van der Waals surface area contributed by atoms with Crippen molar-refractivity contribution in [2.75, 3.05) is 4.90 Å². The molecule has 0 bridgehead atoms. The van der Waals surface area contributed by atoms with E-state index in [4.69, 9.17) is 4.42 Å². The Hall–Kier alpha value is -8.20. The van der Waals surface area contributed by atoms with Gasteiger partial charge in [0.2, 0.25) is 0 Å². The Kier molecular flexibility index (Phi) is 6.58. The second-order valence-electron chi connectivity index (χ2n) is 17.8. The first kappa shape index (κ1) is 34.4. The van der Waals surface area contributed by atoms with Gasteiger partial charge < -0.3 is 9.32 Å². The molecule has 296 valence electrons. The summed E-state index contributed by atoms with van der Waals surface area (Å²) in [6, 6.07) is 83.7. The lowest BCUT2D eigenvalue weighted by Gasteiger charge is -2.32. The van der Waals surface area contributed by atoms with E-state index in [0.29, 0.717) is 0 Å². The molecule has 0 saturated carbocycles. The Morgan fingerprint density at radius 3 is 1.39 bits per heavy atom. The van der Waals surface area contributed by atoms with Crippen molar-refractivity contribution in [1.82, 2.24) is 0 Å². The molecule has 64 heavy (non-hydrogen) atoms. The van der Waals surface area contributed by atoms with Crippen LogP contribution in [0.1, 0.15) is 44.5 Å². The van der Waals surface area contributed by atoms with Crippen LogP contribution in [-0.4, -0.2) is 0 Å². The highest BCUT2D eigenvalue weighted by atomic mass is 16.3. The maximum Gasteiger partial charge on any atom is 0.143 e. The molecule has 15 rings (SSSR count). The molecule has 2 nitrogen and oxygen atoms in total. The zero-order chi connectivity index (χ0) is 41.7. The maximum atomic E-state index is 6.80. The fraction of sp³-hybridized carbons (Fsp3) is 0.0323. The Bertz CT molecular complexity index is 3750. The molecule has 10 aromatic carbocycles. The third-order valence-corrected chi connectivity index (χ3v) is 15.1. The molecule has 1 unspecified atom stereocenters. The molecule has 2 heteroatoms. The molecule has 0 N–H and O–H groups in total. The van der Waals surface area contributed by atoms with Gasteiger partial charge in [0.05, 0.1) is 10.8 Å². The van der Waals surface area contributed by atoms with Crippen LogP contribution in [0.3, 0.4) is 0 Å². The highest BCUT2D eigenvalue weighted by Crippen LogP contribution is 2.66. The normalized spacial score (nSPS) is 16.0. The van der Waals surface area contributed by atoms with Crippen molar-refractivity contribution in [2.45, 2.75) is 10.8 Å². The van der Waals surface area contributed by atoms with Gasteiger partial charge in [0.1, 0.15) is 11.2 Å². The molecule has 1 aromatic heterocycles. The summed E-state index contributed by atoms with van der Waals surface area (Å²) in [6.45, 7) is 0. The average molecular weight is 812 g/mol. The number of hydrogen-bond donors (Lipinski definition) is 0. The van der Waals surface area contributed by atoms with Gasteiger partial charge in [0, 0.05) is 33.4 Å². The maximum absolute atomic E-state index is 6.80. The molecule has 4 aliphatic carbocycles. The van der Waals surface area contributed by atoms with Gasteiger partial charge in [0.25, 0.3) is 0 Å². The molecule has 0 fully saturated rings. The topological polar surface area (TPSA) is 16.4 Å². The standard InChI is InChI=1S/C62H37NO/c1-2-16-38(17-3-1)63(40-30-32-45-43-20-6-12-26-52(43)62(57(45)37-40)50-24-10-4-18-41(50)42-19-5-11-25-51(42)62)39-31-34-55-49(36-39)44-21-7-13-27-53(44)61(55)54-28-14-8-23-48(54)59-56(61)35-33-47-46-22-9-15-29-58(46)64-60(47)59/h1-37H. The second kappa shape index (κ2) is 12.2. The van der Waals surface area contributed by atoms with Crippen LogP contribution in [0.2, 0.25) is 0 Å². The molecule has 4 aliphatic rings. The number of rotatable bonds is 3. The summed E-state index contributed by atoms with van der Waals surface area (Å²) >= 11 is 0. The number of benzene rings is 10. The quantitative estimate of drug-likeness (QED) is 0.177. The Balaban J connectivity index is 0.973. The van der Waals surface area contributed by atoms with Gasteiger partial charge in [-0.05, 0) is 126 Å². The first-order chi connectivity index (χ1) is 31.8. The van der Waals surface area contributed by atoms with E-state index in [0.717, 1.165) is 39.0 Å². The fourth-order valence-corrected chi connectivity index (χ4v) is 12.8. The lowest BCUT2D eigenvalue weighted by Crippen LogP contribution is -2.26. The van der Waals surface area contributed by atoms with E-state index in [9.17, 15) is 0 Å². The smallest absolute Gasteiger partial charge is 0.143 e. The minimum atomic E-state index is -0.504. The van der Waals surface area contributed by atoms with Crippen LogP contribution in [0, 0.1) is 0 Å². The van der Waals surface area contributed by atoms with Gasteiger partial charge in [-0.1, -0.05) is 182 Å².